The highest BCUT2D eigenvalue weighted by atomic mass is 127. The summed E-state index contributed by atoms with van der Waals surface area (Å²) in [6.45, 7) is -0.161. The van der Waals surface area contributed by atoms with E-state index in [-0.39, 0.29) is 29.9 Å². The minimum absolute atomic E-state index is 0.0859. The van der Waals surface area contributed by atoms with Crippen molar-refractivity contribution in [2.75, 3.05) is 31.6 Å². The van der Waals surface area contributed by atoms with Gasteiger partial charge in [0.05, 0.1) is 49.4 Å². The highest BCUT2D eigenvalue weighted by molar-refractivity contribution is 14.1. The molecule has 0 radical (unpaired) electrons. The quantitative estimate of drug-likeness (QED) is 0.174. The number of aliphatic hydroxyl groups excluding tert-OH is 4. The molecule has 1 rings (SSSR count). The largest absolute Gasteiger partial charge is 0.394 e. The van der Waals surface area contributed by atoms with Gasteiger partial charge in [-0.3, -0.25) is 14.4 Å². The lowest BCUT2D eigenvalue weighted by molar-refractivity contribution is -0.114. The number of rotatable bonds is 9. The summed E-state index contributed by atoms with van der Waals surface area (Å²) in [5, 5.41) is 44.0. The van der Waals surface area contributed by atoms with E-state index >= 15 is 0 Å². The van der Waals surface area contributed by atoms with Crippen molar-refractivity contribution < 1.29 is 34.8 Å². The highest BCUT2D eigenvalue weighted by Crippen LogP contribution is 2.31. The average Bonchev–Trinajstić information content (AvgIpc) is 2.66. The van der Waals surface area contributed by atoms with Crippen LogP contribution in [0.5, 0.6) is 0 Å². The molecule has 1 aromatic carbocycles. The van der Waals surface area contributed by atoms with E-state index in [9.17, 15) is 24.6 Å². The Labute approximate surface area is 188 Å². The summed E-state index contributed by atoms with van der Waals surface area (Å²) in [4.78, 5) is 36.5. The number of aliphatic hydroxyl groups is 4. The van der Waals surface area contributed by atoms with Gasteiger partial charge in [-0.15, -0.1) is 0 Å². The van der Waals surface area contributed by atoms with Crippen LogP contribution in [0.4, 0.5) is 5.69 Å². The van der Waals surface area contributed by atoms with Gasteiger partial charge in [-0.25, -0.2) is 0 Å². The van der Waals surface area contributed by atoms with Gasteiger partial charge in [-0.1, -0.05) is 0 Å². The van der Waals surface area contributed by atoms with E-state index < -0.39 is 43.1 Å². The summed E-state index contributed by atoms with van der Waals surface area (Å²) in [6, 6.07) is 1.33. The number of hydrogen-bond acceptors (Lipinski definition) is 7. The van der Waals surface area contributed by atoms with Crippen LogP contribution in [-0.2, 0) is 4.79 Å². The van der Waals surface area contributed by atoms with Gasteiger partial charge in [0.1, 0.15) is 0 Å². The van der Waals surface area contributed by atoms with Gasteiger partial charge in [-0.2, -0.15) is 0 Å². The van der Waals surface area contributed by atoms with Crippen LogP contribution in [-0.4, -0.2) is 76.7 Å². The fraction of sp³-hybridized carbons (Fsp3) is 0.438. The first-order chi connectivity index (χ1) is 13.1. The minimum atomic E-state index is -1.14. The first kappa shape index (κ1) is 25.0. The van der Waals surface area contributed by atoms with Crippen molar-refractivity contribution >= 4 is 68.6 Å². The molecule has 2 unspecified atom stereocenters. The Morgan fingerprint density at radius 3 is 1.64 bits per heavy atom. The molecule has 0 saturated carbocycles. The normalized spacial score (nSPS) is 12.8. The van der Waals surface area contributed by atoms with Crippen LogP contribution in [0.3, 0.4) is 0 Å². The van der Waals surface area contributed by atoms with Gasteiger partial charge < -0.3 is 36.4 Å². The molecule has 3 amide bonds. The first-order valence-corrected chi connectivity index (χ1v) is 10.2. The second-order valence-electron chi connectivity index (χ2n) is 5.75. The number of carbonyl (C=O) groups excluding carboxylic acids is 3. The van der Waals surface area contributed by atoms with Crippen LogP contribution in [0.1, 0.15) is 27.6 Å². The molecule has 156 valence electrons. The summed E-state index contributed by atoms with van der Waals surface area (Å²) >= 11 is 3.73. The van der Waals surface area contributed by atoms with Crippen LogP contribution < -0.4 is 16.0 Å². The van der Waals surface area contributed by atoms with Gasteiger partial charge in [0.25, 0.3) is 11.8 Å². The van der Waals surface area contributed by atoms with Gasteiger partial charge in [0.15, 0.2) is 0 Å². The van der Waals surface area contributed by atoms with Crippen molar-refractivity contribution in [3.63, 3.8) is 0 Å². The predicted octanol–water partition coefficient (Wildman–Crippen LogP) is -0.980. The van der Waals surface area contributed by atoms with Gasteiger partial charge >= 0.3 is 0 Å². The third-order valence-electron chi connectivity index (χ3n) is 3.41. The lowest BCUT2D eigenvalue weighted by Gasteiger charge is -2.17. The zero-order valence-electron chi connectivity index (χ0n) is 14.8. The fourth-order valence-electron chi connectivity index (χ4n) is 1.99. The van der Waals surface area contributed by atoms with E-state index in [1.165, 1.54) is 13.0 Å². The number of hydrogen-bond donors (Lipinski definition) is 7. The molecule has 0 spiro atoms. The third kappa shape index (κ3) is 7.07. The molecule has 0 aliphatic heterocycles. The highest BCUT2D eigenvalue weighted by Gasteiger charge is 2.24. The van der Waals surface area contributed by atoms with Gasteiger partial charge in [0.2, 0.25) is 5.91 Å². The third-order valence-corrected chi connectivity index (χ3v) is 5.65. The molecule has 12 heteroatoms. The zero-order valence-corrected chi connectivity index (χ0v) is 19.1. The summed E-state index contributed by atoms with van der Waals surface area (Å²) in [6.07, 6.45) is -2.27. The van der Waals surface area contributed by atoms with E-state index in [1.54, 1.807) is 0 Å². The maximum atomic E-state index is 12.5. The molecule has 0 bridgehead atoms. The topological polar surface area (TPSA) is 168 Å². The van der Waals surface area contributed by atoms with E-state index in [0.29, 0.717) is 7.14 Å². The molecule has 0 heterocycles. The van der Waals surface area contributed by atoms with Crippen LogP contribution in [0.25, 0.3) is 0 Å². The Hall–Kier alpha value is -1.07. The maximum Gasteiger partial charge on any atom is 0.252 e. The molecule has 10 nitrogen and oxygen atoms in total. The zero-order chi connectivity index (χ0) is 21.4. The number of anilines is 1. The van der Waals surface area contributed by atoms with E-state index in [0.717, 1.165) is 0 Å². The van der Waals surface area contributed by atoms with Crippen LogP contribution >= 0.6 is 45.2 Å². The van der Waals surface area contributed by atoms with Crippen LogP contribution in [0, 0.1) is 7.14 Å². The molecule has 0 aliphatic rings. The van der Waals surface area contributed by atoms with E-state index in [1.807, 2.05) is 45.2 Å². The molecule has 1 aromatic rings. The van der Waals surface area contributed by atoms with Crippen LogP contribution in [0.15, 0.2) is 6.07 Å². The number of halogens is 2. The Bertz CT molecular complexity index is 695. The number of amides is 3. The van der Waals surface area contributed by atoms with E-state index in [2.05, 4.69) is 16.0 Å². The fourth-order valence-corrected chi connectivity index (χ4v) is 4.12. The molecule has 0 aromatic heterocycles. The molecular weight excluding hydrogens is 600 g/mol. The van der Waals surface area contributed by atoms with Crippen molar-refractivity contribution in [3.05, 3.63) is 24.3 Å². The molecule has 0 saturated heterocycles. The Kier molecular flexibility index (Phi) is 10.5. The summed E-state index contributed by atoms with van der Waals surface area (Å²) in [7, 11) is 0. The lowest BCUT2D eigenvalue weighted by atomic mass is 10.1. The second kappa shape index (κ2) is 11.8. The molecule has 28 heavy (non-hydrogen) atoms. The smallest absolute Gasteiger partial charge is 0.252 e. The van der Waals surface area contributed by atoms with Crippen molar-refractivity contribution in [3.8, 4) is 0 Å². The Morgan fingerprint density at radius 1 is 0.929 bits per heavy atom. The lowest BCUT2D eigenvalue weighted by Crippen LogP contribution is -2.36. The SMILES string of the molecule is CC(=O)Nc1c(I)c(C(=O)NCC(O)CO)cc(C(=O)NCC(O)CO)c1I. The molecule has 2 atom stereocenters. The summed E-state index contributed by atoms with van der Waals surface area (Å²) in [5.74, 6) is -1.61. The Balaban J connectivity index is 3.29. The minimum Gasteiger partial charge on any atom is -0.394 e. The molecule has 0 aliphatic carbocycles. The second-order valence-corrected chi connectivity index (χ2v) is 7.91. The molecule has 0 fully saturated rings. The predicted molar refractivity (Wildman–Crippen MR) is 117 cm³/mol. The van der Waals surface area contributed by atoms with Gasteiger partial charge in [-0.05, 0) is 51.2 Å². The first-order valence-electron chi connectivity index (χ1n) is 8.06. The Morgan fingerprint density at radius 2 is 1.32 bits per heavy atom. The summed E-state index contributed by atoms with van der Waals surface area (Å²) < 4.78 is 0.778. The van der Waals surface area contributed by atoms with Crippen molar-refractivity contribution in [1.82, 2.24) is 10.6 Å². The standard InChI is InChI=1S/C16H21I2N3O7/c1-7(24)21-14-12(17)10(15(27)19-3-8(25)5-22)2-11(13(14)18)16(28)20-4-9(26)6-23/h2,8-9,22-23,25-26H,3-6H2,1H3,(H,19,27)(H,20,28)(H,21,24). The van der Waals surface area contributed by atoms with Crippen LogP contribution in [0.2, 0.25) is 0 Å². The number of nitrogens with one attached hydrogen (secondary N) is 3. The summed E-state index contributed by atoms with van der Waals surface area (Å²) in [5.41, 5.74) is 0.447. The number of benzene rings is 1. The number of carbonyl (C=O) groups is 3. The molecular formula is C16H21I2N3O7. The monoisotopic (exact) mass is 621 g/mol. The van der Waals surface area contributed by atoms with Crippen molar-refractivity contribution in [2.24, 2.45) is 0 Å². The van der Waals surface area contributed by atoms with Crippen molar-refractivity contribution in [2.45, 2.75) is 19.1 Å². The average molecular weight is 621 g/mol. The van der Waals surface area contributed by atoms with E-state index in [4.69, 9.17) is 10.2 Å². The maximum absolute atomic E-state index is 12.5. The van der Waals surface area contributed by atoms with Gasteiger partial charge in [0, 0.05) is 20.0 Å². The molecule has 7 N–H and O–H groups in total. The van der Waals surface area contributed by atoms with Crippen molar-refractivity contribution in [1.29, 1.82) is 0 Å².